The first-order chi connectivity index (χ1) is 9.65. The van der Waals surface area contributed by atoms with Crippen LogP contribution in [0.25, 0.3) is 5.69 Å². The van der Waals surface area contributed by atoms with E-state index in [4.69, 9.17) is 5.26 Å². The van der Waals surface area contributed by atoms with E-state index in [0.29, 0.717) is 18.4 Å². The van der Waals surface area contributed by atoms with Crippen molar-refractivity contribution < 1.29 is 5.11 Å². The first-order valence-corrected chi connectivity index (χ1v) is 6.59. The van der Waals surface area contributed by atoms with Gasteiger partial charge in [-0.15, -0.1) is 0 Å². The van der Waals surface area contributed by atoms with Gasteiger partial charge in [0, 0.05) is 12.7 Å². The summed E-state index contributed by atoms with van der Waals surface area (Å²) < 4.78 is 3.33. The van der Waals surface area contributed by atoms with Gasteiger partial charge in [0.05, 0.1) is 23.2 Å². The molecule has 0 radical (unpaired) electrons. The second-order valence-electron chi connectivity index (χ2n) is 5.06. The van der Waals surface area contributed by atoms with E-state index in [1.165, 1.54) is 0 Å². The number of aromatic nitrogens is 2. The maximum absolute atomic E-state index is 12.6. The largest absolute Gasteiger partial charge is 0.387 e. The van der Waals surface area contributed by atoms with Crippen molar-refractivity contribution in [2.45, 2.75) is 18.9 Å². The third-order valence-corrected chi connectivity index (χ3v) is 3.96. The van der Waals surface area contributed by atoms with Crippen molar-refractivity contribution in [3.05, 3.63) is 51.9 Å². The molecule has 0 amide bonds. The van der Waals surface area contributed by atoms with Crippen LogP contribution in [0.15, 0.2) is 35.1 Å². The monoisotopic (exact) mass is 269 g/mol. The Morgan fingerprint density at radius 3 is 2.70 bits per heavy atom. The summed E-state index contributed by atoms with van der Waals surface area (Å²) in [5, 5.41) is 19.3. The summed E-state index contributed by atoms with van der Waals surface area (Å²) in [5.74, 6) is -0.498. The topological polar surface area (TPSA) is 70.9 Å². The van der Waals surface area contributed by atoms with Crippen molar-refractivity contribution in [3.8, 4) is 11.8 Å². The highest BCUT2D eigenvalue weighted by Gasteiger charge is 2.34. The fraction of sp³-hybridized carbons (Fsp3) is 0.333. The fourth-order valence-electron chi connectivity index (χ4n) is 2.91. The van der Waals surface area contributed by atoms with E-state index in [9.17, 15) is 9.90 Å². The number of para-hydroxylation sites is 1. The molecule has 2 atom stereocenters. The number of fused-ring (bicyclic) bond motifs is 1. The van der Waals surface area contributed by atoms with Crippen LogP contribution in [0.5, 0.6) is 0 Å². The lowest BCUT2D eigenvalue weighted by Crippen LogP contribution is -2.25. The lowest BCUT2D eigenvalue weighted by molar-refractivity contribution is 0.120. The van der Waals surface area contributed by atoms with Crippen LogP contribution < -0.4 is 5.56 Å². The summed E-state index contributed by atoms with van der Waals surface area (Å²) in [6.45, 7) is 0. The minimum absolute atomic E-state index is 0.235. The van der Waals surface area contributed by atoms with Crippen LogP contribution in [0.3, 0.4) is 0 Å². The van der Waals surface area contributed by atoms with Gasteiger partial charge in [-0.1, -0.05) is 18.2 Å². The highest BCUT2D eigenvalue weighted by molar-refractivity contribution is 5.36. The number of aliphatic hydroxyl groups excluding tert-OH is 1. The van der Waals surface area contributed by atoms with Crippen molar-refractivity contribution in [1.29, 1.82) is 5.26 Å². The molecule has 2 aromatic rings. The van der Waals surface area contributed by atoms with Crippen molar-refractivity contribution in [1.82, 2.24) is 9.36 Å². The predicted molar refractivity (Wildman–Crippen MR) is 73.4 cm³/mol. The molecule has 20 heavy (non-hydrogen) atoms. The zero-order valence-corrected chi connectivity index (χ0v) is 11.2. The fourth-order valence-corrected chi connectivity index (χ4v) is 2.91. The van der Waals surface area contributed by atoms with Gasteiger partial charge in [0.15, 0.2) is 0 Å². The first-order valence-electron chi connectivity index (χ1n) is 6.59. The molecule has 1 aromatic heterocycles. The Morgan fingerprint density at radius 2 is 2.05 bits per heavy atom. The minimum Gasteiger partial charge on any atom is -0.387 e. The molecular formula is C15H15N3O2. The van der Waals surface area contributed by atoms with Crippen molar-refractivity contribution in [3.63, 3.8) is 0 Å². The lowest BCUT2D eigenvalue weighted by Gasteiger charge is -2.22. The summed E-state index contributed by atoms with van der Waals surface area (Å²) in [7, 11) is 1.81. The summed E-state index contributed by atoms with van der Waals surface area (Å²) in [6, 6.07) is 11.4. The number of hydrogen-bond acceptors (Lipinski definition) is 3. The molecule has 5 heteroatoms. The molecule has 0 saturated heterocycles. The van der Waals surface area contributed by atoms with Crippen LogP contribution in [0.4, 0.5) is 0 Å². The van der Waals surface area contributed by atoms with Gasteiger partial charge in [-0.05, 0) is 25.0 Å². The Hall–Kier alpha value is -2.32. The van der Waals surface area contributed by atoms with Gasteiger partial charge in [0.25, 0.3) is 5.56 Å². The highest BCUT2D eigenvalue weighted by Crippen LogP contribution is 2.32. The Morgan fingerprint density at radius 1 is 1.35 bits per heavy atom. The molecule has 0 bridgehead atoms. The SMILES string of the molecule is Cn1c2c(c(=O)n1-c1ccccc1)C(O)C(C#N)CC2. The quantitative estimate of drug-likeness (QED) is 0.848. The zero-order valence-electron chi connectivity index (χ0n) is 11.2. The lowest BCUT2D eigenvalue weighted by atomic mass is 9.86. The molecule has 0 spiro atoms. The number of benzene rings is 1. The molecule has 1 aliphatic rings. The van der Waals surface area contributed by atoms with Gasteiger partial charge in [-0.3, -0.25) is 9.48 Å². The van der Waals surface area contributed by atoms with Crippen molar-refractivity contribution in [2.75, 3.05) is 0 Å². The van der Waals surface area contributed by atoms with Gasteiger partial charge in [0.2, 0.25) is 0 Å². The average Bonchev–Trinajstić information content (AvgIpc) is 2.72. The molecule has 1 N–H and O–H groups in total. The third-order valence-electron chi connectivity index (χ3n) is 3.96. The second kappa shape index (κ2) is 4.66. The molecule has 1 heterocycles. The van der Waals surface area contributed by atoms with Gasteiger partial charge in [0.1, 0.15) is 6.10 Å². The standard InChI is InChI=1S/C15H15N3O2/c1-17-12-8-7-10(9-16)14(19)13(12)15(20)18(17)11-5-3-2-4-6-11/h2-6,10,14,19H,7-8H2,1H3. The summed E-state index contributed by atoms with van der Waals surface area (Å²) >= 11 is 0. The van der Waals surface area contributed by atoms with Crippen molar-refractivity contribution in [2.24, 2.45) is 13.0 Å². The summed E-state index contributed by atoms with van der Waals surface area (Å²) in [6.07, 6.45) is 0.222. The van der Waals surface area contributed by atoms with E-state index >= 15 is 0 Å². The normalized spacial score (nSPS) is 21.2. The Labute approximate surface area is 116 Å². The smallest absolute Gasteiger partial charge is 0.277 e. The van der Waals surface area contributed by atoms with E-state index < -0.39 is 12.0 Å². The first kappa shape index (κ1) is 12.7. The molecule has 0 aliphatic heterocycles. The molecule has 0 saturated carbocycles. The van der Waals surface area contributed by atoms with Crippen LogP contribution >= 0.6 is 0 Å². The van der Waals surface area contributed by atoms with Crippen LogP contribution in [-0.4, -0.2) is 14.5 Å². The zero-order chi connectivity index (χ0) is 14.3. The maximum Gasteiger partial charge on any atom is 0.277 e. The van der Waals surface area contributed by atoms with Gasteiger partial charge < -0.3 is 5.11 Å². The van der Waals surface area contributed by atoms with Crippen LogP contribution in [0.2, 0.25) is 0 Å². The summed E-state index contributed by atoms with van der Waals surface area (Å²) in [5.41, 5.74) is 1.71. The van der Waals surface area contributed by atoms with Gasteiger partial charge in [-0.25, -0.2) is 4.68 Å². The highest BCUT2D eigenvalue weighted by atomic mass is 16.3. The Kier molecular flexibility index (Phi) is 2.96. The van der Waals surface area contributed by atoms with E-state index in [1.54, 1.807) is 9.36 Å². The molecule has 0 fully saturated rings. The molecular weight excluding hydrogens is 254 g/mol. The Bertz CT molecular complexity index is 737. The number of rotatable bonds is 1. The number of hydrogen-bond donors (Lipinski definition) is 1. The van der Waals surface area contributed by atoms with E-state index in [-0.39, 0.29) is 5.56 Å². The number of nitriles is 1. The molecule has 5 nitrogen and oxygen atoms in total. The predicted octanol–water partition coefficient (Wildman–Crippen LogP) is 1.30. The average molecular weight is 269 g/mol. The van der Waals surface area contributed by atoms with Crippen molar-refractivity contribution >= 4 is 0 Å². The number of nitrogens with zero attached hydrogens (tertiary/aromatic N) is 3. The van der Waals surface area contributed by atoms with Gasteiger partial charge in [-0.2, -0.15) is 5.26 Å². The summed E-state index contributed by atoms with van der Waals surface area (Å²) in [4.78, 5) is 12.6. The molecule has 1 aliphatic carbocycles. The van der Waals surface area contributed by atoms with E-state index in [1.807, 2.05) is 37.4 Å². The minimum atomic E-state index is -0.993. The molecule has 1 aromatic carbocycles. The number of aliphatic hydroxyl groups is 1. The van der Waals surface area contributed by atoms with Crippen LogP contribution in [-0.2, 0) is 13.5 Å². The van der Waals surface area contributed by atoms with E-state index in [2.05, 4.69) is 6.07 Å². The maximum atomic E-state index is 12.6. The van der Waals surface area contributed by atoms with Gasteiger partial charge >= 0.3 is 0 Å². The molecule has 2 unspecified atom stereocenters. The third kappa shape index (κ3) is 1.69. The van der Waals surface area contributed by atoms with E-state index in [0.717, 1.165) is 11.4 Å². The van der Waals surface area contributed by atoms with Crippen LogP contribution in [0.1, 0.15) is 23.8 Å². The second-order valence-corrected chi connectivity index (χ2v) is 5.06. The Balaban J connectivity index is 2.23. The molecule has 102 valence electrons. The molecule has 3 rings (SSSR count). The van der Waals surface area contributed by atoms with Crippen LogP contribution in [0, 0.1) is 17.2 Å².